The zero-order valence-corrected chi connectivity index (χ0v) is 12.6. The van der Waals surface area contributed by atoms with E-state index in [1.807, 2.05) is 42.6 Å². The fraction of sp³-hybridized carbons (Fsp3) is 0.0625. The lowest BCUT2D eigenvalue weighted by atomic mass is 10.2. The third-order valence-corrected chi connectivity index (χ3v) is 3.95. The summed E-state index contributed by atoms with van der Waals surface area (Å²) in [7, 11) is 0. The third-order valence-electron chi connectivity index (χ3n) is 3.46. The smallest absolute Gasteiger partial charge is 0.161 e. The van der Waals surface area contributed by atoms with Gasteiger partial charge in [0, 0.05) is 27.2 Å². The van der Waals surface area contributed by atoms with Crippen LogP contribution in [0.2, 0.25) is 0 Å². The van der Waals surface area contributed by atoms with Crippen molar-refractivity contribution in [3.63, 3.8) is 0 Å². The average Bonchev–Trinajstić information content (AvgIpc) is 3.08. The van der Waals surface area contributed by atoms with Gasteiger partial charge in [0.1, 0.15) is 0 Å². The Bertz CT molecular complexity index is 840. The number of aromatic amines is 1. The highest BCUT2D eigenvalue weighted by Crippen LogP contribution is 2.30. The molecule has 0 saturated carbocycles. The van der Waals surface area contributed by atoms with Crippen molar-refractivity contribution < 1.29 is 4.84 Å². The summed E-state index contributed by atoms with van der Waals surface area (Å²) in [6, 6.07) is 16.1. The molecular formula is C16H12BrN3O. The lowest BCUT2D eigenvalue weighted by Crippen LogP contribution is -2.14. The predicted octanol–water partition coefficient (Wildman–Crippen LogP) is 3.95. The number of halogens is 1. The number of hydrogen-bond acceptors (Lipinski definition) is 3. The van der Waals surface area contributed by atoms with Gasteiger partial charge in [0.25, 0.3) is 0 Å². The van der Waals surface area contributed by atoms with E-state index in [0.29, 0.717) is 0 Å². The Labute approximate surface area is 129 Å². The van der Waals surface area contributed by atoms with Crippen molar-refractivity contribution in [2.75, 3.05) is 0 Å². The summed E-state index contributed by atoms with van der Waals surface area (Å²) in [6.45, 7) is 0. The van der Waals surface area contributed by atoms with Crippen LogP contribution in [0.15, 0.2) is 58.0 Å². The fourth-order valence-electron chi connectivity index (χ4n) is 2.44. The minimum Gasteiger partial charge on any atom is -0.406 e. The van der Waals surface area contributed by atoms with E-state index in [0.717, 1.165) is 32.4 Å². The molecule has 4 nitrogen and oxygen atoms in total. The molecule has 0 fully saturated rings. The number of para-hydroxylation sites is 1. The molecule has 1 aliphatic rings. The van der Waals surface area contributed by atoms with Gasteiger partial charge in [-0.2, -0.15) is 0 Å². The van der Waals surface area contributed by atoms with Crippen LogP contribution >= 0.6 is 15.9 Å². The summed E-state index contributed by atoms with van der Waals surface area (Å²) in [5, 5.41) is 1.15. The first-order valence-electron chi connectivity index (χ1n) is 6.62. The SMILES string of the molecule is Brc1ccc2[nH]c(C=NC3NOc4ccccc43)cc2c1. The second-order valence-electron chi connectivity index (χ2n) is 4.89. The maximum absolute atomic E-state index is 5.39. The van der Waals surface area contributed by atoms with Crippen molar-refractivity contribution in [3.05, 3.63) is 64.3 Å². The van der Waals surface area contributed by atoms with Crippen LogP contribution in [0.25, 0.3) is 10.9 Å². The maximum atomic E-state index is 5.39. The summed E-state index contributed by atoms with van der Waals surface area (Å²) >= 11 is 3.48. The first kappa shape index (κ1) is 12.6. The molecule has 0 aliphatic carbocycles. The number of nitrogens with one attached hydrogen (secondary N) is 2. The summed E-state index contributed by atoms with van der Waals surface area (Å²) in [5.74, 6) is 0.834. The standard InChI is InChI=1S/C16H12BrN3O/c17-11-5-6-14-10(7-11)8-12(19-14)9-18-16-13-3-1-2-4-15(13)21-20-16/h1-9,16,19-20H. The molecule has 1 unspecified atom stereocenters. The molecule has 0 radical (unpaired) electrons. The second-order valence-corrected chi connectivity index (χ2v) is 5.81. The highest BCUT2D eigenvalue weighted by molar-refractivity contribution is 9.10. The predicted molar refractivity (Wildman–Crippen MR) is 86.5 cm³/mol. The average molecular weight is 342 g/mol. The van der Waals surface area contributed by atoms with Gasteiger partial charge in [0.05, 0.1) is 5.69 Å². The third kappa shape index (κ3) is 2.34. The fourth-order valence-corrected chi connectivity index (χ4v) is 2.82. The molecule has 0 amide bonds. The van der Waals surface area contributed by atoms with E-state index in [1.165, 1.54) is 0 Å². The van der Waals surface area contributed by atoms with E-state index in [1.54, 1.807) is 0 Å². The lowest BCUT2D eigenvalue weighted by molar-refractivity contribution is 0.197. The van der Waals surface area contributed by atoms with Crippen LogP contribution in [0, 0.1) is 0 Å². The number of aliphatic imine (C=N–C) groups is 1. The van der Waals surface area contributed by atoms with Gasteiger partial charge in [0.2, 0.25) is 0 Å². The molecule has 3 aromatic rings. The number of hydrogen-bond donors (Lipinski definition) is 2. The normalized spacial score (nSPS) is 17.3. The highest BCUT2D eigenvalue weighted by atomic mass is 79.9. The van der Waals surface area contributed by atoms with Crippen molar-refractivity contribution in [2.24, 2.45) is 4.99 Å². The van der Waals surface area contributed by atoms with Crippen molar-refractivity contribution in [3.8, 4) is 5.75 Å². The summed E-state index contributed by atoms with van der Waals surface area (Å²) in [5.41, 5.74) is 6.02. The van der Waals surface area contributed by atoms with Crippen LogP contribution in [0.3, 0.4) is 0 Å². The molecule has 2 heterocycles. The maximum Gasteiger partial charge on any atom is 0.161 e. The number of nitrogens with zero attached hydrogens (tertiary/aromatic N) is 1. The second kappa shape index (κ2) is 5.02. The van der Waals surface area contributed by atoms with Gasteiger partial charge in [-0.25, -0.2) is 0 Å². The number of fused-ring (bicyclic) bond motifs is 2. The molecular weight excluding hydrogens is 330 g/mol. The first-order valence-corrected chi connectivity index (χ1v) is 7.42. The first-order chi connectivity index (χ1) is 10.3. The number of H-pyrrole nitrogens is 1. The van der Waals surface area contributed by atoms with Crippen LogP contribution in [0.4, 0.5) is 0 Å². The zero-order chi connectivity index (χ0) is 14.2. The number of hydroxylamine groups is 1. The van der Waals surface area contributed by atoms with E-state index < -0.39 is 0 Å². The van der Waals surface area contributed by atoms with Crippen LogP contribution in [0.5, 0.6) is 5.75 Å². The van der Waals surface area contributed by atoms with Gasteiger partial charge in [-0.3, -0.25) is 4.99 Å². The van der Waals surface area contributed by atoms with Gasteiger partial charge >= 0.3 is 0 Å². The van der Waals surface area contributed by atoms with E-state index in [-0.39, 0.29) is 6.17 Å². The molecule has 104 valence electrons. The van der Waals surface area contributed by atoms with Crippen molar-refractivity contribution in [1.82, 2.24) is 10.5 Å². The van der Waals surface area contributed by atoms with Crippen LogP contribution in [-0.2, 0) is 0 Å². The Balaban J connectivity index is 1.63. The molecule has 21 heavy (non-hydrogen) atoms. The van der Waals surface area contributed by atoms with Crippen molar-refractivity contribution in [2.45, 2.75) is 6.17 Å². The van der Waals surface area contributed by atoms with Gasteiger partial charge in [-0.1, -0.05) is 34.1 Å². The Hall–Kier alpha value is -2.11. The summed E-state index contributed by atoms with van der Waals surface area (Å²) in [6.07, 6.45) is 1.66. The van der Waals surface area contributed by atoms with E-state index in [2.05, 4.69) is 43.5 Å². The molecule has 1 aromatic heterocycles. The molecule has 4 rings (SSSR count). The van der Waals surface area contributed by atoms with Gasteiger partial charge in [-0.15, -0.1) is 5.48 Å². The topological polar surface area (TPSA) is 49.4 Å². The summed E-state index contributed by atoms with van der Waals surface area (Å²) in [4.78, 5) is 13.3. The van der Waals surface area contributed by atoms with Crippen molar-refractivity contribution >= 4 is 33.0 Å². The van der Waals surface area contributed by atoms with E-state index in [4.69, 9.17) is 4.84 Å². The Kier molecular flexibility index (Phi) is 3.02. The van der Waals surface area contributed by atoms with Gasteiger partial charge in [0.15, 0.2) is 11.9 Å². The Morgan fingerprint density at radius 2 is 2.05 bits per heavy atom. The largest absolute Gasteiger partial charge is 0.406 e. The van der Waals surface area contributed by atoms with Gasteiger partial charge in [-0.05, 0) is 30.3 Å². The molecule has 5 heteroatoms. The number of rotatable bonds is 2. The Morgan fingerprint density at radius 3 is 3.00 bits per heavy atom. The molecule has 1 atom stereocenters. The monoisotopic (exact) mass is 341 g/mol. The minimum absolute atomic E-state index is 0.167. The highest BCUT2D eigenvalue weighted by Gasteiger charge is 2.21. The zero-order valence-electron chi connectivity index (χ0n) is 11.0. The van der Waals surface area contributed by atoms with E-state index in [9.17, 15) is 0 Å². The lowest BCUT2D eigenvalue weighted by Gasteiger charge is -2.01. The molecule has 1 aliphatic heterocycles. The molecule has 0 bridgehead atoms. The van der Waals surface area contributed by atoms with E-state index >= 15 is 0 Å². The Morgan fingerprint density at radius 1 is 1.14 bits per heavy atom. The van der Waals surface area contributed by atoms with Crippen LogP contribution < -0.4 is 10.3 Å². The molecule has 2 aromatic carbocycles. The molecule has 0 spiro atoms. The number of aromatic nitrogens is 1. The van der Waals surface area contributed by atoms with Crippen LogP contribution in [0.1, 0.15) is 17.4 Å². The number of benzene rings is 2. The van der Waals surface area contributed by atoms with Crippen LogP contribution in [-0.4, -0.2) is 11.2 Å². The van der Waals surface area contributed by atoms with Crippen molar-refractivity contribution in [1.29, 1.82) is 0 Å². The van der Waals surface area contributed by atoms with Gasteiger partial charge < -0.3 is 9.82 Å². The molecule has 2 N–H and O–H groups in total. The quantitative estimate of drug-likeness (QED) is 0.693. The minimum atomic E-state index is -0.167. The molecule has 0 saturated heterocycles. The summed E-state index contributed by atoms with van der Waals surface area (Å²) < 4.78 is 1.07.